The minimum absolute atomic E-state index is 0.00388. The van der Waals surface area contributed by atoms with Gasteiger partial charge < -0.3 is 19.7 Å². The molecule has 0 spiro atoms. The summed E-state index contributed by atoms with van der Waals surface area (Å²) in [6, 6.07) is 12.1. The van der Waals surface area contributed by atoms with E-state index in [1.807, 2.05) is 38.1 Å². The molecule has 0 aliphatic rings. The van der Waals surface area contributed by atoms with Crippen molar-refractivity contribution in [1.82, 2.24) is 10.2 Å². The van der Waals surface area contributed by atoms with Gasteiger partial charge in [0.2, 0.25) is 5.91 Å². The van der Waals surface area contributed by atoms with Crippen LogP contribution >= 0.6 is 0 Å². The van der Waals surface area contributed by atoms with Crippen molar-refractivity contribution in [3.8, 4) is 11.5 Å². The van der Waals surface area contributed by atoms with Crippen LogP contribution in [0.5, 0.6) is 11.5 Å². The van der Waals surface area contributed by atoms with Gasteiger partial charge in [-0.1, -0.05) is 19.1 Å². The number of carbonyl (C=O) groups excluding carboxylic acids is 2. The molecule has 1 N–H and O–H groups in total. The molecule has 0 heterocycles. The van der Waals surface area contributed by atoms with E-state index in [0.717, 1.165) is 12.0 Å². The smallest absolute Gasteiger partial charge is 0.261 e. The highest BCUT2D eigenvalue weighted by Crippen LogP contribution is 2.17. The van der Waals surface area contributed by atoms with Crippen LogP contribution in [0.15, 0.2) is 48.5 Å². The standard InChI is InChI=1S/C23H29FN2O4/c1-5-16(2)25-23(28)17(3)26(14-18-7-6-8-21(13-18)29-4)22(27)15-30-20-11-9-19(24)10-12-20/h6-13,16-17H,5,14-15H2,1-4H3,(H,25,28)/t16-,17-/m0/s1. The highest BCUT2D eigenvalue weighted by Gasteiger charge is 2.27. The van der Waals surface area contributed by atoms with Gasteiger partial charge in [-0.25, -0.2) is 4.39 Å². The van der Waals surface area contributed by atoms with E-state index in [-0.39, 0.29) is 36.8 Å². The number of nitrogens with zero attached hydrogens (tertiary/aromatic N) is 1. The lowest BCUT2D eigenvalue weighted by Crippen LogP contribution is -2.50. The first kappa shape index (κ1) is 23.2. The molecule has 0 aliphatic heterocycles. The van der Waals surface area contributed by atoms with Crippen LogP contribution in [0.4, 0.5) is 4.39 Å². The Bertz CT molecular complexity index is 841. The van der Waals surface area contributed by atoms with Crippen molar-refractivity contribution < 1.29 is 23.5 Å². The fourth-order valence-electron chi connectivity index (χ4n) is 2.77. The average molecular weight is 416 g/mol. The number of amides is 2. The molecule has 0 fully saturated rings. The Morgan fingerprint density at radius 1 is 1.10 bits per heavy atom. The van der Waals surface area contributed by atoms with E-state index in [1.54, 1.807) is 14.0 Å². The van der Waals surface area contributed by atoms with Crippen LogP contribution in [0, 0.1) is 5.82 Å². The van der Waals surface area contributed by atoms with Gasteiger partial charge in [0.05, 0.1) is 7.11 Å². The van der Waals surface area contributed by atoms with Gasteiger partial charge in [-0.2, -0.15) is 0 Å². The number of ether oxygens (including phenoxy) is 2. The molecule has 0 saturated heterocycles. The van der Waals surface area contributed by atoms with Crippen molar-refractivity contribution >= 4 is 11.8 Å². The lowest BCUT2D eigenvalue weighted by Gasteiger charge is -2.29. The SMILES string of the molecule is CC[C@H](C)NC(=O)[C@H](C)N(Cc1cccc(OC)c1)C(=O)COc1ccc(F)cc1. The Morgan fingerprint density at radius 3 is 2.43 bits per heavy atom. The Hall–Kier alpha value is -3.09. The number of methoxy groups -OCH3 is 1. The number of halogens is 1. The predicted molar refractivity (Wildman–Crippen MR) is 113 cm³/mol. The zero-order chi connectivity index (χ0) is 22.1. The number of nitrogens with one attached hydrogen (secondary N) is 1. The summed E-state index contributed by atoms with van der Waals surface area (Å²) in [7, 11) is 1.57. The summed E-state index contributed by atoms with van der Waals surface area (Å²) in [5.41, 5.74) is 0.827. The molecule has 6 nitrogen and oxygen atoms in total. The van der Waals surface area contributed by atoms with Crippen LogP contribution in [-0.4, -0.2) is 42.5 Å². The molecule has 2 atom stereocenters. The summed E-state index contributed by atoms with van der Waals surface area (Å²) in [6.07, 6.45) is 0.788. The van der Waals surface area contributed by atoms with Gasteiger partial charge in [-0.05, 0) is 62.2 Å². The molecular formula is C23H29FN2O4. The molecule has 0 radical (unpaired) electrons. The first-order valence-corrected chi connectivity index (χ1v) is 9.95. The minimum atomic E-state index is -0.700. The van der Waals surface area contributed by atoms with Crippen molar-refractivity contribution in [2.75, 3.05) is 13.7 Å². The predicted octanol–water partition coefficient (Wildman–Crippen LogP) is 3.55. The maximum Gasteiger partial charge on any atom is 0.261 e. The normalized spacial score (nSPS) is 12.6. The van der Waals surface area contributed by atoms with Crippen molar-refractivity contribution in [2.45, 2.75) is 45.8 Å². The Balaban J connectivity index is 2.16. The summed E-state index contributed by atoms with van der Waals surface area (Å²) in [4.78, 5) is 27.1. The highest BCUT2D eigenvalue weighted by atomic mass is 19.1. The third-order valence-electron chi connectivity index (χ3n) is 4.83. The summed E-state index contributed by atoms with van der Waals surface area (Å²) < 4.78 is 23.8. The van der Waals surface area contributed by atoms with Crippen LogP contribution in [0.3, 0.4) is 0 Å². The molecule has 2 rings (SSSR count). The number of carbonyl (C=O) groups is 2. The van der Waals surface area contributed by atoms with E-state index in [1.165, 1.54) is 29.2 Å². The molecule has 7 heteroatoms. The van der Waals surface area contributed by atoms with Gasteiger partial charge in [0.15, 0.2) is 6.61 Å². The Kier molecular flexibility index (Phi) is 8.65. The van der Waals surface area contributed by atoms with Gasteiger partial charge in [0.1, 0.15) is 23.4 Å². The zero-order valence-corrected chi connectivity index (χ0v) is 17.9. The molecule has 0 unspecified atom stereocenters. The van der Waals surface area contributed by atoms with Crippen molar-refractivity contribution in [2.24, 2.45) is 0 Å². The summed E-state index contributed by atoms with van der Waals surface area (Å²) >= 11 is 0. The lowest BCUT2D eigenvalue weighted by atomic mass is 10.1. The number of hydrogen-bond acceptors (Lipinski definition) is 4. The van der Waals surface area contributed by atoms with Crippen molar-refractivity contribution in [3.05, 3.63) is 59.9 Å². The molecule has 0 saturated carbocycles. The fourth-order valence-corrected chi connectivity index (χ4v) is 2.77. The largest absolute Gasteiger partial charge is 0.497 e. The zero-order valence-electron chi connectivity index (χ0n) is 17.9. The van der Waals surface area contributed by atoms with Crippen LogP contribution in [0.1, 0.15) is 32.8 Å². The number of rotatable bonds is 10. The van der Waals surface area contributed by atoms with Crippen LogP contribution in [-0.2, 0) is 16.1 Å². The van der Waals surface area contributed by atoms with Crippen molar-refractivity contribution in [3.63, 3.8) is 0 Å². The molecule has 2 aromatic rings. The van der Waals surface area contributed by atoms with Gasteiger partial charge >= 0.3 is 0 Å². The number of hydrogen-bond donors (Lipinski definition) is 1. The first-order chi connectivity index (χ1) is 14.3. The van der Waals surface area contributed by atoms with Crippen LogP contribution in [0.25, 0.3) is 0 Å². The summed E-state index contributed by atoms with van der Waals surface area (Å²) in [6.45, 7) is 5.53. The Morgan fingerprint density at radius 2 is 1.80 bits per heavy atom. The third-order valence-corrected chi connectivity index (χ3v) is 4.83. The fraction of sp³-hybridized carbons (Fsp3) is 0.391. The van der Waals surface area contributed by atoms with E-state index in [2.05, 4.69) is 5.32 Å². The monoisotopic (exact) mass is 416 g/mol. The molecule has 0 bridgehead atoms. The van der Waals surface area contributed by atoms with E-state index in [0.29, 0.717) is 11.5 Å². The molecule has 0 aromatic heterocycles. The second-order valence-corrected chi connectivity index (χ2v) is 7.11. The van der Waals surface area contributed by atoms with E-state index < -0.39 is 6.04 Å². The molecule has 30 heavy (non-hydrogen) atoms. The highest BCUT2D eigenvalue weighted by molar-refractivity contribution is 5.88. The summed E-state index contributed by atoms with van der Waals surface area (Å²) in [5.74, 6) is 0.0713. The van der Waals surface area contributed by atoms with Gasteiger partial charge in [0.25, 0.3) is 5.91 Å². The molecule has 2 amide bonds. The third kappa shape index (κ3) is 6.76. The average Bonchev–Trinajstić information content (AvgIpc) is 2.76. The second-order valence-electron chi connectivity index (χ2n) is 7.11. The van der Waals surface area contributed by atoms with Crippen LogP contribution in [0.2, 0.25) is 0 Å². The van der Waals surface area contributed by atoms with Crippen molar-refractivity contribution in [1.29, 1.82) is 0 Å². The van der Waals surface area contributed by atoms with Gasteiger partial charge in [0, 0.05) is 12.6 Å². The van der Waals surface area contributed by atoms with E-state index in [9.17, 15) is 14.0 Å². The first-order valence-electron chi connectivity index (χ1n) is 9.95. The number of benzene rings is 2. The van der Waals surface area contributed by atoms with Gasteiger partial charge in [-0.15, -0.1) is 0 Å². The molecule has 162 valence electrons. The maximum atomic E-state index is 13.1. The molecule has 2 aromatic carbocycles. The molecule has 0 aliphatic carbocycles. The quantitative estimate of drug-likeness (QED) is 0.643. The summed E-state index contributed by atoms with van der Waals surface area (Å²) in [5, 5.41) is 2.91. The molecular weight excluding hydrogens is 387 g/mol. The topological polar surface area (TPSA) is 67.9 Å². The second kappa shape index (κ2) is 11.2. The Labute approximate surface area is 177 Å². The lowest BCUT2D eigenvalue weighted by molar-refractivity contribution is -0.142. The van der Waals surface area contributed by atoms with Crippen LogP contribution < -0.4 is 14.8 Å². The van der Waals surface area contributed by atoms with Gasteiger partial charge in [-0.3, -0.25) is 9.59 Å². The van der Waals surface area contributed by atoms with E-state index in [4.69, 9.17) is 9.47 Å². The minimum Gasteiger partial charge on any atom is -0.497 e. The van der Waals surface area contributed by atoms with E-state index >= 15 is 0 Å². The maximum absolute atomic E-state index is 13.1.